The van der Waals surface area contributed by atoms with Gasteiger partial charge in [0.2, 0.25) is 0 Å². The highest BCUT2D eigenvalue weighted by molar-refractivity contribution is 5.82. The van der Waals surface area contributed by atoms with Crippen LogP contribution in [-0.2, 0) is 9.53 Å². The maximum absolute atomic E-state index is 12.5. The predicted molar refractivity (Wildman–Crippen MR) is 150 cm³/mol. The molecule has 1 aliphatic rings. The first-order valence-electron chi connectivity index (χ1n) is 14.0. The summed E-state index contributed by atoms with van der Waals surface area (Å²) in [5, 5.41) is 42.4. The second-order valence-electron chi connectivity index (χ2n) is 11.3. The first kappa shape index (κ1) is 33.3. The number of carbonyl (C=O) groups is 1. The Morgan fingerprint density at radius 3 is 2.32 bits per heavy atom. The summed E-state index contributed by atoms with van der Waals surface area (Å²) in [7, 11) is 0. The summed E-state index contributed by atoms with van der Waals surface area (Å²) in [4.78, 5) is 12.5. The van der Waals surface area contributed by atoms with Crippen molar-refractivity contribution < 1.29 is 30.0 Å². The van der Waals surface area contributed by atoms with Gasteiger partial charge in [0.25, 0.3) is 0 Å². The summed E-state index contributed by atoms with van der Waals surface area (Å²) in [6, 6.07) is 0. The van der Waals surface area contributed by atoms with E-state index in [0.29, 0.717) is 31.6 Å². The highest BCUT2D eigenvalue weighted by atomic mass is 16.5. The molecule has 6 heteroatoms. The first-order valence-corrected chi connectivity index (χ1v) is 14.0. The summed E-state index contributed by atoms with van der Waals surface area (Å²) in [6.45, 7) is 13.8. The van der Waals surface area contributed by atoms with E-state index in [9.17, 15) is 25.2 Å². The van der Waals surface area contributed by atoms with Crippen molar-refractivity contribution in [2.75, 3.05) is 0 Å². The van der Waals surface area contributed by atoms with Gasteiger partial charge in [-0.05, 0) is 62.7 Å². The molecule has 0 unspecified atom stereocenters. The largest absolute Gasteiger partial charge is 0.458 e. The monoisotopic (exact) mass is 520 g/mol. The Kier molecular flexibility index (Phi) is 15.9. The Balaban J connectivity index is 3.06. The average Bonchev–Trinajstić information content (AvgIpc) is 2.85. The average molecular weight is 521 g/mol. The molecule has 1 aliphatic heterocycles. The number of ether oxygens (including phenoxy) is 1. The van der Waals surface area contributed by atoms with E-state index in [4.69, 9.17) is 4.74 Å². The van der Waals surface area contributed by atoms with Gasteiger partial charge in [-0.2, -0.15) is 0 Å². The molecule has 0 saturated heterocycles. The smallest absolute Gasteiger partial charge is 0.331 e. The zero-order valence-corrected chi connectivity index (χ0v) is 23.6. The van der Waals surface area contributed by atoms with Crippen molar-refractivity contribution in [3.05, 3.63) is 49.1 Å². The fraction of sp³-hybridized carbons (Fsp3) is 0.710. The Morgan fingerprint density at radius 2 is 1.65 bits per heavy atom. The minimum absolute atomic E-state index is 0.0445. The quantitative estimate of drug-likeness (QED) is 0.304. The van der Waals surface area contributed by atoms with Crippen molar-refractivity contribution >= 4 is 5.97 Å². The van der Waals surface area contributed by atoms with Crippen LogP contribution < -0.4 is 0 Å². The van der Waals surface area contributed by atoms with Gasteiger partial charge < -0.3 is 25.2 Å². The third kappa shape index (κ3) is 13.1. The van der Waals surface area contributed by atoms with Crippen LogP contribution >= 0.6 is 0 Å². The second-order valence-corrected chi connectivity index (χ2v) is 11.3. The van der Waals surface area contributed by atoms with Crippen LogP contribution in [0.25, 0.3) is 0 Å². The number of aliphatic hydroxyl groups is 4. The lowest BCUT2D eigenvalue weighted by atomic mass is 9.81. The summed E-state index contributed by atoms with van der Waals surface area (Å²) in [5.41, 5.74) is 0. The molecular formula is C31H52O6. The summed E-state index contributed by atoms with van der Waals surface area (Å²) in [6.07, 6.45) is 12.9. The van der Waals surface area contributed by atoms with Crippen LogP contribution in [0.4, 0.5) is 0 Å². The first-order chi connectivity index (χ1) is 17.5. The molecule has 0 aromatic carbocycles. The fourth-order valence-electron chi connectivity index (χ4n) is 5.22. The van der Waals surface area contributed by atoms with E-state index in [-0.39, 0.29) is 30.1 Å². The number of esters is 1. The van der Waals surface area contributed by atoms with E-state index in [1.807, 2.05) is 32.9 Å². The van der Waals surface area contributed by atoms with Gasteiger partial charge >= 0.3 is 5.97 Å². The van der Waals surface area contributed by atoms with E-state index in [0.717, 1.165) is 12.8 Å². The molecule has 0 aromatic heterocycles. The molecule has 0 fully saturated rings. The van der Waals surface area contributed by atoms with Crippen LogP contribution in [0, 0.1) is 29.6 Å². The topological polar surface area (TPSA) is 107 Å². The maximum Gasteiger partial charge on any atom is 0.331 e. The van der Waals surface area contributed by atoms with Crippen molar-refractivity contribution in [1.82, 2.24) is 0 Å². The lowest BCUT2D eigenvalue weighted by molar-refractivity contribution is -0.150. The van der Waals surface area contributed by atoms with Gasteiger partial charge in [0.05, 0.1) is 24.4 Å². The molecule has 212 valence electrons. The third-order valence-electron chi connectivity index (χ3n) is 7.73. The fourth-order valence-corrected chi connectivity index (χ4v) is 5.22. The number of rotatable bonds is 3. The van der Waals surface area contributed by atoms with Crippen LogP contribution in [0.3, 0.4) is 0 Å². The molecule has 6 nitrogen and oxygen atoms in total. The SMILES string of the molecule is C=C/C=C\[C@H](C)[C@@H]1OC(=O)/C=C\C=C\C[C@@H](O)C[C@H](O)CC[C@H](C)[C@H](O)[C@@H](C)C[C@@H](C)CC[C@@H](O)[C@@H]1C. The van der Waals surface area contributed by atoms with Gasteiger partial charge in [0, 0.05) is 17.9 Å². The lowest BCUT2D eigenvalue weighted by Gasteiger charge is -2.32. The number of aliphatic hydroxyl groups excluding tert-OH is 4. The van der Waals surface area contributed by atoms with Crippen LogP contribution in [-0.4, -0.2) is 56.9 Å². The molecule has 10 atom stereocenters. The molecule has 0 saturated carbocycles. The molecule has 0 spiro atoms. The van der Waals surface area contributed by atoms with Crippen LogP contribution in [0.2, 0.25) is 0 Å². The minimum atomic E-state index is -0.686. The highest BCUT2D eigenvalue weighted by Gasteiger charge is 2.31. The standard InChI is InChI=1S/C31H52O6/c1-7-8-12-23(4)31-25(6)28(34)18-15-21(2)19-24(5)30(36)22(3)16-17-27(33)20-26(32)13-10-9-11-14-29(35)37-31/h7-12,14,21-28,30-34,36H,1,13,15-20H2,2-6H3/b10-9+,12-8-,14-11-/t21-,22-,23-,24-,25-,26+,27+,28+,30-,31-/m0/s1. The van der Waals surface area contributed by atoms with E-state index in [1.165, 1.54) is 6.08 Å². The van der Waals surface area contributed by atoms with E-state index in [2.05, 4.69) is 20.4 Å². The molecule has 0 radical (unpaired) electrons. The van der Waals surface area contributed by atoms with Gasteiger partial charge in [0.1, 0.15) is 6.10 Å². The van der Waals surface area contributed by atoms with Crippen LogP contribution in [0.15, 0.2) is 49.1 Å². The molecule has 0 aromatic rings. The Labute approximate surface area is 224 Å². The molecule has 1 heterocycles. The van der Waals surface area contributed by atoms with Crippen molar-refractivity contribution in [2.45, 2.75) is 110 Å². The van der Waals surface area contributed by atoms with E-state index in [1.54, 1.807) is 24.3 Å². The Morgan fingerprint density at radius 1 is 0.946 bits per heavy atom. The molecule has 4 N–H and O–H groups in total. The Hall–Kier alpha value is -1.73. The van der Waals surface area contributed by atoms with E-state index < -0.39 is 36.5 Å². The lowest BCUT2D eigenvalue weighted by Crippen LogP contribution is -2.37. The summed E-state index contributed by atoms with van der Waals surface area (Å²) in [5.74, 6) is -0.427. The van der Waals surface area contributed by atoms with Crippen molar-refractivity contribution in [3.63, 3.8) is 0 Å². The molecule has 0 aliphatic carbocycles. The molecule has 37 heavy (non-hydrogen) atoms. The van der Waals surface area contributed by atoms with Crippen molar-refractivity contribution in [2.24, 2.45) is 29.6 Å². The van der Waals surface area contributed by atoms with Crippen LogP contribution in [0.5, 0.6) is 0 Å². The van der Waals surface area contributed by atoms with Gasteiger partial charge in [-0.15, -0.1) is 0 Å². The zero-order chi connectivity index (χ0) is 28.0. The van der Waals surface area contributed by atoms with Gasteiger partial charge in [-0.1, -0.05) is 77.7 Å². The molecule has 0 amide bonds. The van der Waals surface area contributed by atoms with Gasteiger partial charge in [-0.3, -0.25) is 0 Å². The van der Waals surface area contributed by atoms with Gasteiger partial charge in [0.15, 0.2) is 0 Å². The molecule has 1 rings (SSSR count). The number of hydrogen-bond acceptors (Lipinski definition) is 6. The van der Waals surface area contributed by atoms with Crippen molar-refractivity contribution in [1.29, 1.82) is 0 Å². The Bertz CT molecular complexity index is 744. The number of carbonyl (C=O) groups excluding carboxylic acids is 1. The second kappa shape index (κ2) is 17.7. The molecule has 0 bridgehead atoms. The zero-order valence-electron chi connectivity index (χ0n) is 23.6. The highest BCUT2D eigenvalue weighted by Crippen LogP contribution is 2.29. The predicted octanol–water partition coefficient (Wildman–Crippen LogP) is 5.12. The van der Waals surface area contributed by atoms with Gasteiger partial charge in [-0.25, -0.2) is 4.79 Å². The van der Waals surface area contributed by atoms with Crippen LogP contribution in [0.1, 0.15) is 79.6 Å². The van der Waals surface area contributed by atoms with E-state index >= 15 is 0 Å². The number of cyclic esters (lactones) is 1. The van der Waals surface area contributed by atoms with Crippen molar-refractivity contribution in [3.8, 4) is 0 Å². The number of allylic oxidation sites excluding steroid dienone is 4. The molecular weight excluding hydrogens is 468 g/mol. The minimum Gasteiger partial charge on any atom is -0.458 e. The summed E-state index contributed by atoms with van der Waals surface area (Å²) < 4.78 is 5.79. The third-order valence-corrected chi connectivity index (χ3v) is 7.73. The number of hydrogen-bond donors (Lipinski definition) is 4. The summed E-state index contributed by atoms with van der Waals surface area (Å²) >= 11 is 0. The maximum atomic E-state index is 12.5. The normalized spacial score (nSPS) is 39.1.